The second kappa shape index (κ2) is 10.6. The van der Waals surface area contributed by atoms with E-state index in [4.69, 9.17) is 4.74 Å². The van der Waals surface area contributed by atoms with E-state index in [1.807, 2.05) is 57.7 Å². The normalized spacial score (nSPS) is 21.0. The maximum absolute atomic E-state index is 13.6. The maximum Gasteiger partial charge on any atom is 0.262 e. The Hall–Kier alpha value is -3.92. The number of hydrogen-bond donors (Lipinski definition) is 1. The number of ether oxygens (including phenoxy) is 1. The number of aromatic nitrogens is 5. The van der Waals surface area contributed by atoms with Crippen molar-refractivity contribution in [3.63, 3.8) is 0 Å². The van der Waals surface area contributed by atoms with Crippen molar-refractivity contribution in [1.29, 1.82) is 0 Å². The highest BCUT2D eigenvalue weighted by Crippen LogP contribution is 2.39. The number of fused-ring (bicyclic) bond motifs is 1. The van der Waals surface area contributed by atoms with Gasteiger partial charge < -0.3 is 23.9 Å². The number of amides is 1. The van der Waals surface area contributed by atoms with Crippen LogP contribution >= 0.6 is 0 Å². The van der Waals surface area contributed by atoms with E-state index in [1.54, 1.807) is 19.4 Å². The number of piperidine rings is 1. The molecule has 2 atom stereocenters. The van der Waals surface area contributed by atoms with Crippen molar-refractivity contribution in [2.45, 2.75) is 56.6 Å². The fourth-order valence-electron chi connectivity index (χ4n) is 6.44. The Morgan fingerprint density at radius 3 is 2.52 bits per heavy atom. The minimum Gasteiger partial charge on any atom is -0.497 e. The zero-order chi connectivity index (χ0) is 27.9. The number of likely N-dealkylation sites (tertiary alicyclic amines) is 1. The van der Waals surface area contributed by atoms with E-state index in [2.05, 4.69) is 9.97 Å². The molecule has 4 aromatic rings. The summed E-state index contributed by atoms with van der Waals surface area (Å²) in [6.07, 6.45) is 11.9. The van der Waals surface area contributed by atoms with E-state index in [0.29, 0.717) is 37.0 Å². The van der Waals surface area contributed by atoms with Crippen LogP contribution in [0.2, 0.25) is 0 Å². The first-order chi connectivity index (χ1) is 19.4. The minimum atomic E-state index is -1.08. The van der Waals surface area contributed by atoms with Crippen molar-refractivity contribution < 1.29 is 14.6 Å². The van der Waals surface area contributed by atoms with Crippen LogP contribution in [0, 0.1) is 5.92 Å². The summed E-state index contributed by atoms with van der Waals surface area (Å²) in [6.45, 7) is 1.08. The van der Waals surface area contributed by atoms with Crippen LogP contribution in [-0.4, -0.2) is 65.4 Å². The number of carbonyl (C=O) groups excluding carboxylic acids is 1. The summed E-state index contributed by atoms with van der Waals surface area (Å²) in [5.74, 6) is 1.95. The third kappa shape index (κ3) is 4.81. The quantitative estimate of drug-likeness (QED) is 0.399. The van der Waals surface area contributed by atoms with Gasteiger partial charge in [-0.15, -0.1) is 0 Å². The number of rotatable bonds is 6. The molecule has 0 spiro atoms. The van der Waals surface area contributed by atoms with Crippen LogP contribution in [0.25, 0.3) is 16.7 Å². The highest BCUT2D eigenvalue weighted by Gasteiger charge is 2.40. The molecule has 0 radical (unpaired) electrons. The first kappa shape index (κ1) is 26.3. The lowest BCUT2D eigenvalue weighted by molar-refractivity contribution is -0.142. The van der Waals surface area contributed by atoms with E-state index >= 15 is 0 Å². The average Bonchev–Trinajstić information content (AvgIpc) is 3.61. The van der Waals surface area contributed by atoms with Crippen LogP contribution in [0.3, 0.4) is 0 Å². The van der Waals surface area contributed by atoms with Gasteiger partial charge in [-0.1, -0.05) is 12.8 Å². The van der Waals surface area contributed by atoms with Crippen LogP contribution in [0.4, 0.5) is 0 Å². The number of methoxy groups -OCH3 is 1. The predicted octanol–water partition coefficient (Wildman–Crippen LogP) is 3.26. The topological polar surface area (TPSA) is 107 Å². The highest BCUT2D eigenvalue weighted by molar-refractivity contribution is 5.80. The molecule has 10 heteroatoms. The van der Waals surface area contributed by atoms with E-state index in [0.717, 1.165) is 42.9 Å². The smallest absolute Gasteiger partial charge is 0.262 e. The molecule has 2 aliphatic rings. The Bertz CT molecular complexity index is 1560. The summed E-state index contributed by atoms with van der Waals surface area (Å²) in [5, 5.41) is 11.9. The van der Waals surface area contributed by atoms with Gasteiger partial charge in [-0.2, -0.15) is 0 Å². The number of carbonyl (C=O) groups is 1. The molecule has 1 amide bonds. The van der Waals surface area contributed by atoms with Crippen molar-refractivity contribution in [2.75, 3.05) is 20.2 Å². The van der Waals surface area contributed by atoms with Crippen molar-refractivity contribution in [1.82, 2.24) is 28.6 Å². The van der Waals surface area contributed by atoms with Crippen LogP contribution in [0.1, 0.15) is 50.3 Å². The van der Waals surface area contributed by atoms with E-state index in [9.17, 15) is 14.7 Å². The van der Waals surface area contributed by atoms with Gasteiger partial charge in [-0.25, -0.2) is 9.97 Å². The minimum absolute atomic E-state index is 0.0787. The molecule has 1 aromatic carbocycles. The molecule has 10 nitrogen and oxygen atoms in total. The SMILES string of the molecule is COc1ccc(-n2ccc3c(=O)n(CC4(O)CCN(C(=O)[C@H]5CCCC[C@@H]5c5nccn5C)CC4)cnc32)cc1. The maximum atomic E-state index is 13.6. The molecule has 3 aromatic heterocycles. The van der Waals surface area contributed by atoms with E-state index in [-0.39, 0.29) is 29.8 Å². The molecule has 6 rings (SSSR count). The molecule has 1 saturated carbocycles. The molecule has 210 valence electrons. The molecule has 1 aliphatic heterocycles. The van der Waals surface area contributed by atoms with Crippen LogP contribution in [-0.2, 0) is 18.4 Å². The van der Waals surface area contributed by atoms with Crippen molar-refractivity contribution in [3.8, 4) is 11.4 Å². The summed E-state index contributed by atoms with van der Waals surface area (Å²) < 4.78 is 10.6. The summed E-state index contributed by atoms with van der Waals surface area (Å²) in [5.41, 5.74) is 0.164. The average molecular weight is 545 g/mol. The van der Waals surface area contributed by atoms with Gasteiger partial charge in [-0.05, 0) is 56.0 Å². The lowest BCUT2D eigenvalue weighted by Gasteiger charge is -2.41. The number of imidazole rings is 1. The zero-order valence-electron chi connectivity index (χ0n) is 23.1. The molecule has 2 fully saturated rings. The third-order valence-electron chi connectivity index (χ3n) is 8.76. The molecule has 0 bridgehead atoms. The summed E-state index contributed by atoms with van der Waals surface area (Å²) in [4.78, 5) is 38.0. The number of nitrogens with zero attached hydrogens (tertiary/aromatic N) is 6. The number of aryl methyl sites for hydroxylation is 1. The standard InChI is InChI=1S/C30H36N6O4/c1-33-18-14-31-26(33)23-5-3-4-6-24(23)28(37)34-16-12-30(39,13-17-34)19-35-20-32-27-25(29(35)38)11-15-36(27)21-7-9-22(40-2)10-8-21/h7-11,14-15,18,20,23-24,39H,3-6,12-13,16-17,19H2,1-2H3/t23-,24-/m0/s1. The lowest BCUT2D eigenvalue weighted by atomic mass is 9.77. The predicted molar refractivity (Wildman–Crippen MR) is 151 cm³/mol. The molecule has 1 aliphatic carbocycles. The van der Waals surface area contributed by atoms with Crippen molar-refractivity contribution >= 4 is 16.9 Å². The molecule has 4 heterocycles. The number of hydrogen-bond acceptors (Lipinski definition) is 6. The third-order valence-corrected chi connectivity index (χ3v) is 8.76. The monoisotopic (exact) mass is 544 g/mol. The number of benzene rings is 1. The first-order valence-electron chi connectivity index (χ1n) is 14.1. The van der Waals surface area contributed by atoms with Gasteiger partial charge in [0, 0.05) is 56.3 Å². The van der Waals surface area contributed by atoms with Gasteiger partial charge in [0.15, 0.2) is 5.65 Å². The first-order valence-corrected chi connectivity index (χ1v) is 14.1. The zero-order valence-corrected chi connectivity index (χ0v) is 23.1. The Kier molecular flexibility index (Phi) is 6.95. The molecule has 0 unspecified atom stereocenters. The second-order valence-corrected chi connectivity index (χ2v) is 11.2. The molecule has 1 N–H and O–H groups in total. The summed E-state index contributed by atoms with van der Waals surface area (Å²) in [7, 11) is 3.61. The number of aliphatic hydroxyl groups is 1. The van der Waals surface area contributed by atoms with Gasteiger partial charge in [0.1, 0.15) is 17.9 Å². The fraction of sp³-hybridized carbons (Fsp3) is 0.467. The Balaban J connectivity index is 1.14. The van der Waals surface area contributed by atoms with E-state index < -0.39 is 5.60 Å². The largest absolute Gasteiger partial charge is 0.497 e. The molecular weight excluding hydrogens is 508 g/mol. The molecule has 40 heavy (non-hydrogen) atoms. The molecular formula is C30H36N6O4. The Morgan fingerprint density at radius 2 is 1.82 bits per heavy atom. The van der Waals surface area contributed by atoms with Gasteiger partial charge in [-0.3, -0.25) is 14.2 Å². The van der Waals surface area contributed by atoms with E-state index in [1.165, 1.54) is 10.9 Å². The van der Waals surface area contributed by atoms with Gasteiger partial charge in [0.2, 0.25) is 5.91 Å². The van der Waals surface area contributed by atoms with Crippen LogP contribution < -0.4 is 10.3 Å². The van der Waals surface area contributed by atoms with Crippen molar-refractivity contribution in [3.05, 3.63) is 71.4 Å². The Morgan fingerprint density at radius 1 is 1.07 bits per heavy atom. The van der Waals surface area contributed by atoms with Gasteiger partial charge in [0.25, 0.3) is 5.56 Å². The second-order valence-electron chi connectivity index (χ2n) is 11.2. The molecule has 1 saturated heterocycles. The fourth-order valence-corrected chi connectivity index (χ4v) is 6.44. The van der Waals surface area contributed by atoms with Crippen molar-refractivity contribution in [2.24, 2.45) is 13.0 Å². The van der Waals surface area contributed by atoms with Gasteiger partial charge in [0.05, 0.1) is 24.6 Å². The van der Waals surface area contributed by atoms with Gasteiger partial charge >= 0.3 is 0 Å². The summed E-state index contributed by atoms with van der Waals surface area (Å²) >= 11 is 0. The summed E-state index contributed by atoms with van der Waals surface area (Å²) in [6, 6.07) is 9.31. The van der Waals surface area contributed by atoms with Crippen LogP contribution in [0.15, 0.2) is 60.0 Å². The highest BCUT2D eigenvalue weighted by atomic mass is 16.5. The lowest BCUT2D eigenvalue weighted by Crippen LogP contribution is -2.51. The Labute approximate surface area is 232 Å². The van der Waals surface area contributed by atoms with Crippen LogP contribution in [0.5, 0.6) is 5.75 Å².